The van der Waals surface area contributed by atoms with Gasteiger partial charge in [-0.3, -0.25) is 0 Å². The molecule has 3 aromatic rings. The SMILES string of the molecule is CCOC(=O)C=Cc1cccc(-c2cnc(Nc3cc(C)c(Cl)cc3OC)nc2NCCCN(C)C)c1. The Balaban J connectivity index is 1.93. The van der Waals surface area contributed by atoms with E-state index in [0.717, 1.165) is 47.5 Å². The van der Waals surface area contributed by atoms with Gasteiger partial charge in [0.1, 0.15) is 11.6 Å². The summed E-state index contributed by atoms with van der Waals surface area (Å²) in [7, 11) is 5.70. The highest BCUT2D eigenvalue weighted by molar-refractivity contribution is 6.31. The van der Waals surface area contributed by atoms with Crippen molar-refractivity contribution in [1.82, 2.24) is 14.9 Å². The van der Waals surface area contributed by atoms with Crippen LogP contribution < -0.4 is 15.4 Å². The van der Waals surface area contributed by atoms with Crippen molar-refractivity contribution < 1.29 is 14.3 Å². The fourth-order valence-corrected chi connectivity index (χ4v) is 3.76. The third-order valence-corrected chi connectivity index (χ3v) is 5.89. The summed E-state index contributed by atoms with van der Waals surface area (Å²) in [6.07, 6.45) is 5.89. The number of esters is 1. The number of methoxy groups -OCH3 is 1. The lowest BCUT2D eigenvalue weighted by molar-refractivity contribution is -0.137. The third kappa shape index (κ3) is 8.20. The molecule has 0 saturated carbocycles. The first-order valence-electron chi connectivity index (χ1n) is 12.1. The number of rotatable bonds is 12. The molecule has 8 nitrogen and oxygen atoms in total. The topological polar surface area (TPSA) is 88.6 Å². The zero-order valence-corrected chi connectivity index (χ0v) is 22.7. The number of nitrogens with one attached hydrogen (secondary N) is 2. The van der Waals surface area contributed by atoms with Crippen LogP contribution in [0.2, 0.25) is 5.02 Å². The first kappa shape index (κ1) is 28.0. The lowest BCUT2D eigenvalue weighted by Crippen LogP contribution is -2.17. The summed E-state index contributed by atoms with van der Waals surface area (Å²) in [6, 6.07) is 11.5. The molecule has 1 heterocycles. The van der Waals surface area contributed by atoms with Crippen molar-refractivity contribution in [1.29, 1.82) is 0 Å². The van der Waals surface area contributed by atoms with Gasteiger partial charge in [-0.1, -0.05) is 29.8 Å². The molecule has 9 heteroatoms. The minimum Gasteiger partial charge on any atom is -0.495 e. The van der Waals surface area contributed by atoms with Crippen LogP contribution in [-0.2, 0) is 9.53 Å². The van der Waals surface area contributed by atoms with E-state index in [1.807, 2.05) is 37.3 Å². The number of hydrogen-bond donors (Lipinski definition) is 2. The maximum atomic E-state index is 11.7. The molecular weight excluding hydrogens is 490 g/mol. The molecule has 2 N–H and O–H groups in total. The zero-order chi connectivity index (χ0) is 26.8. The highest BCUT2D eigenvalue weighted by Crippen LogP contribution is 2.34. The maximum absolute atomic E-state index is 11.7. The van der Waals surface area contributed by atoms with Gasteiger partial charge >= 0.3 is 5.97 Å². The molecule has 0 fully saturated rings. The Morgan fingerprint density at radius 1 is 1.22 bits per heavy atom. The fourth-order valence-electron chi connectivity index (χ4n) is 3.60. The number of aromatic nitrogens is 2. The van der Waals surface area contributed by atoms with Gasteiger partial charge < -0.3 is 25.0 Å². The summed E-state index contributed by atoms with van der Waals surface area (Å²) in [5.74, 6) is 1.36. The molecule has 0 spiro atoms. The van der Waals surface area contributed by atoms with Gasteiger partial charge in [0.2, 0.25) is 5.95 Å². The van der Waals surface area contributed by atoms with Gasteiger partial charge in [0.25, 0.3) is 0 Å². The van der Waals surface area contributed by atoms with Crippen molar-refractivity contribution in [2.45, 2.75) is 20.3 Å². The van der Waals surface area contributed by atoms with Gasteiger partial charge in [-0.15, -0.1) is 0 Å². The summed E-state index contributed by atoms with van der Waals surface area (Å²) >= 11 is 6.26. The Hall–Kier alpha value is -3.62. The van der Waals surface area contributed by atoms with E-state index in [-0.39, 0.29) is 5.97 Å². The first-order chi connectivity index (χ1) is 17.8. The number of benzene rings is 2. The molecule has 3 rings (SSSR count). The van der Waals surface area contributed by atoms with Crippen LogP contribution in [0.3, 0.4) is 0 Å². The van der Waals surface area contributed by atoms with E-state index in [0.29, 0.717) is 29.1 Å². The Labute approximate surface area is 223 Å². The van der Waals surface area contributed by atoms with E-state index >= 15 is 0 Å². The Morgan fingerprint density at radius 2 is 2.03 bits per heavy atom. The smallest absolute Gasteiger partial charge is 0.330 e. The molecule has 0 atom stereocenters. The Bertz CT molecular complexity index is 1250. The van der Waals surface area contributed by atoms with Crippen molar-refractivity contribution in [2.75, 3.05) is 51.5 Å². The van der Waals surface area contributed by atoms with Crippen molar-refractivity contribution in [2.24, 2.45) is 0 Å². The average Bonchev–Trinajstić information content (AvgIpc) is 2.88. The normalized spacial score (nSPS) is 11.1. The second kappa shape index (κ2) is 13.6. The van der Waals surface area contributed by atoms with Crippen LogP contribution >= 0.6 is 11.6 Å². The summed E-state index contributed by atoms with van der Waals surface area (Å²) in [4.78, 5) is 23.2. The van der Waals surface area contributed by atoms with Crippen LogP contribution in [-0.4, -0.2) is 61.7 Å². The van der Waals surface area contributed by atoms with Crippen molar-refractivity contribution in [3.8, 4) is 16.9 Å². The fraction of sp³-hybridized carbons (Fsp3) is 0.321. The van der Waals surface area contributed by atoms with E-state index < -0.39 is 0 Å². The number of aryl methyl sites for hydroxylation is 1. The lowest BCUT2D eigenvalue weighted by atomic mass is 10.0. The molecule has 0 aliphatic heterocycles. The van der Waals surface area contributed by atoms with Crippen LogP contribution in [0.5, 0.6) is 5.75 Å². The molecule has 37 heavy (non-hydrogen) atoms. The summed E-state index contributed by atoms with van der Waals surface area (Å²) < 4.78 is 10.5. The van der Waals surface area contributed by atoms with Crippen LogP contribution in [0, 0.1) is 6.92 Å². The van der Waals surface area contributed by atoms with Gasteiger partial charge in [0, 0.05) is 35.5 Å². The summed E-state index contributed by atoms with van der Waals surface area (Å²) in [6.45, 7) is 5.74. The summed E-state index contributed by atoms with van der Waals surface area (Å²) in [5.41, 5.74) is 4.28. The standard InChI is InChI=1S/C28H34ClN5O3/c1-6-37-26(35)12-11-20-9-7-10-21(16-20)22-18-31-28(33-27(22)30-13-8-14-34(3)4)32-24-15-19(2)23(29)17-25(24)36-5/h7,9-12,15-18H,6,8,13-14H2,1-5H3,(H2,30,31,32,33). The number of nitrogens with zero attached hydrogens (tertiary/aromatic N) is 3. The van der Waals surface area contributed by atoms with Crippen LogP contribution in [0.15, 0.2) is 48.7 Å². The lowest BCUT2D eigenvalue weighted by Gasteiger charge is -2.16. The average molecular weight is 524 g/mol. The van der Waals surface area contributed by atoms with Gasteiger partial charge in [0.15, 0.2) is 0 Å². The minimum atomic E-state index is -0.372. The number of anilines is 3. The Kier molecular flexibility index (Phi) is 10.3. The maximum Gasteiger partial charge on any atom is 0.330 e. The van der Waals surface area contributed by atoms with Crippen molar-refractivity contribution in [3.05, 3.63) is 64.8 Å². The number of hydrogen-bond acceptors (Lipinski definition) is 8. The van der Waals surface area contributed by atoms with Gasteiger partial charge in [-0.25, -0.2) is 9.78 Å². The molecule has 2 aromatic carbocycles. The van der Waals surface area contributed by atoms with Crippen LogP contribution in [0.4, 0.5) is 17.5 Å². The van der Waals surface area contributed by atoms with E-state index in [9.17, 15) is 4.79 Å². The van der Waals surface area contributed by atoms with Gasteiger partial charge in [-0.2, -0.15) is 4.98 Å². The molecule has 0 bridgehead atoms. The molecular formula is C28H34ClN5O3. The molecule has 0 radical (unpaired) electrons. The van der Waals surface area contributed by atoms with E-state index in [1.165, 1.54) is 6.08 Å². The largest absolute Gasteiger partial charge is 0.495 e. The van der Waals surface area contributed by atoms with E-state index in [1.54, 1.807) is 32.4 Å². The number of carbonyl (C=O) groups is 1. The Morgan fingerprint density at radius 3 is 2.76 bits per heavy atom. The van der Waals surface area contributed by atoms with Gasteiger partial charge in [0.05, 0.1) is 19.4 Å². The van der Waals surface area contributed by atoms with E-state index in [4.69, 9.17) is 26.1 Å². The highest BCUT2D eigenvalue weighted by Gasteiger charge is 2.13. The molecule has 0 aliphatic rings. The molecule has 0 unspecified atom stereocenters. The van der Waals surface area contributed by atoms with Crippen LogP contribution in [0.25, 0.3) is 17.2 Å². The molecule has 1 aromatic heterocycles. The molecule has 0 aliphatic carbocycles. The first-order valence-corrected chi connectivity index (χ1v) is 12.5. The number of carbonyl (C=O) groups excluding carboxylic acids is 1. The minimum absolute atomic E-state index is 0.339. The van der Waals surface area contributed by atoms with Gasteiger partial charge in [-0.05, 0) is 75.8 Å². The second-order valence-electron chi connectivity index (χ2n) is 8.68. The molecule has 196 valence electrons. The van der Waals surface area contributed by atoms with E-state index in [2.05, 4.69) is 34.6 Å². The molecule has 0 saturated heterocycles. The number of halogens is 1. The number of ether oxygens (including phenoxy) is 2. The predicted octanol–water partition coefficient (Wildman–Crippen LogP) is 5.80. The second-order valence-corrected chi connectivity index (χ2v) is 9.08. The monoisotopic (exact) mass is 523 g/mol. The molecule has 0 amide bonds. The zero-order valence-electron chi connectivity index (χ0n) is 22.0. The quantitative estimate of drug-likeness (QED) is 0.175. The predicted molar refractivity (Wildman–Crippen MR) is 151 cm³/mol. The van der Waals surface area contributed by atoms with Crippen molar-refractivity contribution in [3.63, 3.8) is 0 Å². The van der Waals surface area contributed by atoms with Crippen molar-refractivity contribution >= 4 is 41.1 Å². The summed E-state index contributed by atoms with van der Waals surface area (Å²) in [5, 5.41) is 7.35. The highest BCUT2D eigenvalue weighted by atomic mass is 35.5. The third-order valence-electron chi connectivity index (χ3n) is 5.49. The van der Waals surface area contributed by atoms with Crippen LogP contribution in [0.1, 0.15) is 24.5 Å².